The van der Waals surface area contributed by atoms with E-state index in [2.05, 4.69) is 5.32 Å². The number of esters is 1. The first-order chi connectivity index (χ1) is 12.7. The number of nitrogens with zero attached hydrogens (tertiary/aromatic N) is 2. The Morgan fingerprint density at radius 2 is 1.78 bits per heavy atom. The van der Waals surface area contributed by atoms with Gasteiger partial charge in [-0.15, -0.1) is 0 Å². The number of rotatable bonds is 6. The Kier molecular flexibility index (Phi) is 6.03. The zero-order valence-corrected chi connectivity index (χ0v) is 14.6. The number of aryl methyl sites for hydroxylation is 1. The van der Waals surface area contributed by atoms with Crippen molar-refractivity contribution in [2.75, 3.05) is 11.9 Å². The normalized spacial score (nSPS) is 10.1. The maximum Gasteiger partial charge on any atom is 0.338 e. The Bertz CT molecular complexity index is 946. The number of ether oxygens (including phenoxy) is 1. The van der Waals surface area contributed by atoms with E-state index in [-0.39, 0.29) is 22.0 Å². The second-order valence-corrected chi connectivity index (χ2v) is 5.68. The molecule has 0 atom stereocenters. The molecule has 0 aromatic heterocycles. The molecular formula is C16H12ClN3O7. The van der Waals surface area contributed by atoms with Crippen molar-refractivity contribution in [3.63, 3.8) is 0 Å². The lowest BCUT2D eigenvalue weighted by atomic mass is 10.1. The number of benzene rings is 2. The van der Waals surface area contributed by atoms with E-state index in [1.54, 1.807) is 13.0 Å². The van der Waals surface area contributed by atoms with Gasteiger partial charge in [-0.2, -0.15) is 0 Å². The summed E-state index contributed by atoms with van der Waals surface area (Å²) in [6, 6.07) is 7.56. The Labute approximate surface area is 157 Å². The Morgan fingerprint density at radius 1 is 1.11 bits per heavy atom. The average Bonchev–Trinajstić information content (AvgIpc) is 2.61. The first-order valence-corrected chi connectivity index (χ1v) is 7.73. The van der Waals surface area contributed by atoms with Gasteiger partial charge in [0.05, 0.1) is 15.4 Å². The van der Waals surface area contributed by atoms with Crippen LogP contribution in [0.1, 0.15) is 15.9 Å². The maximum atomic E-state index is 12.0. The number of nitro groups is 2. The second-order valence-electron chi connectivity index (χ2n) is 5.27. The maximum absolute atomic E-state index is 12.0. The minimum atomic E-state index is -0.982. The van der Waals surface area contributed by atoms with Gasteiger partial charge < -0.3 is 10.1 Å². The molecule has 0 saturated heterocycles. The van der Waals surface area contributed by atoms with Gasteiger partial charge in [0.2, 0.25) is 0 Å². The summed E-state index contributed by atoms with van der Waals surface area (Å²) < 4.78 is 4.79. The van der Waals surface area contributed by atoms with Crippen LogP contribution in [-0.4, -0.2) is 28.3 Å². The van der Waals surface area contributed by atoms with Crippen molar-refractivity contribution in [2.45, 2.75) is 6.92 Å². The van der Waals surface area contributed by atoms with Crippen LogP contribution in [0.2, 0.25) is 5.02 Å². The predicted octanol–water partition coefficient (Wildman–Crippen LogP) is 3.26. The van der Waals surface area contributed by atoms with Crippen molar-refractivity contribution in [3.05, 3.63) is 72.8 Å². The molecule has 1 N–H and O–H groups in total. The number of amides is 1. The Morgan fingerprint density at radius 3 is 2.41 bits per heavy atom. The molecule has 0 bridgehead atoms. The number of hydrogen-bond acceptors (Lipinski definition) is 7. The van der Waals surface area contributed by atoms with E-state index in [1.807, 2.05) is 0 Å². The van der Waals surface area contributed by atoms with Crippen molar-refractivity contribution in [1.82, 2.24) is 0 Å². The number of halogens is 1. The topological polar surface area (TPSA) is 142 Å². The highest BCUT2D eigenvalue weighted by molar-refractivity contribution is 6.32. The lowest BCUT2D eigenvalue weighted by Crippen LogP contribution is -2.22. The summed E-state index contributed by atoms with van der Waals surface area (Å²) >= 11 is 5.66. The third-order valence-corrected chi connectivity index (χ3v) is 3.74. The van der Waals surface area contributed by atoms with Gasteiger partial charge >= 0.3 is 5.97 Å². The van der Waals surface area contributed by atoms with Gasteiger partial charge in [-0.25, -0.2) is 4.79 Å². The van der Waals surface area contributed by atoms with Crippen molar-refractivity contribution < 1.29 is 24.2 Å². The van der Waals surface area contributed by atoms with Crippen LogP contribution < -0.4 is 5.32 Å². The molecule has 2 aromatic carbocycles. The van der Waals surface area contributed by atoms with Gasteiger partial charge in [0, 0.05) is 12.1 Å². The summed E-state index contributed by atoms with van der Waals surface area (Å²) in [7, 11) is 0. The third kappa shape index (κ3) is 4.76. The fraction of sp³-hybridized carbons (Fsp3) is 0.125. The van der Waals surface area contributed by atoms with Gasteiger partial charge in [-0.05, 0) is 24.6 Å². The minimum absolute atomic E-state index is 0.00863. The molecule has 140 valence electrons. The zero-order valence-electron chi connectivity index (χ0n) is 13.8. The average molecular weight is 394 g/mol. The standard InChI is InChI=1S/C16H12ClN3O7/c1-9-3-2-4-12(19(23)24)15(9)18-14(21)8-27-16(22)10-5-6-11(17)13(7-10)20(25)26/h2-7H,8H2,1H3,(H,18,21). The zero-order chi connectivity index (χ0) is 20.1. The Hall–Kier alpha value is -3.53. The van der Waals surface area contributed by atoms with Gasteiger partial charge in [0.25, 0.3) is 17.3 Å². The number of para-hydroxylation sites is 1. The first-order valence-electron chi connectivity index (χ1n) is 7.35. The molecule has 10 nitrogen and oxygen atoms in total. The van der Waals surface area contributed by atoms with Crippen LogP contribution >= 0.6 is 11.6 Å². The van der Waals surface area contributed by atoms with E-state index in [1.165, 1.54) is 18.2 Å². The fourth-order valence-electron chi connectivity index (χ4n) is 2.14. The molecule has 0 heterocycles. The van der Waals surface area contributed by atoms with E-state index >= 15 is 0 Å². The molecule has 0 saturated carbocycles. The summed E-state index contributed by atoms with van der Waals surface area (Å²) in [5.74, 6) is -1.78. The number of carbonyl (C=O) groups excluding carboxylic acids is 2. The van der Waals surface area contributed by atoms with Crippen LogP contribution in [0.15, 0.2) is 36.4 Å². The lowest BCUT2D eigenvalue weighted by Gasteiger charge is -2.09. The number of nitrogens with one attached hydrogen (secondary N) is 1. The summed E-state index contributed by atoms with van der Waals surface area (Å²) in [5.41, 5.74) is -0.502. The van der Waals surface area contributed by atoms with Crippen LogP contribution in [0.25, 0.3) is 0 Å². The molecule has 27 heavy (non-hydrogen) atoms. The van der Waals surface area contributed by atoms with Crippen molar-refractivity contribution in [3.8, 4) is 0 Å². The summed E-state index contributed by atoms with van der Waals surface area (Å²) in [5, 5.41) is 24.0. The molecule has 2 rings (SSSR count). The summed E-state index contributed by atoms with van der Waals surface area (Å²) in [6.07, 6.45) is 0. The Balaban J connectivity index is 2.07. The van der Waals surface area contributed by atoms with Crippen LogP contribution in [0.4, 0.5) is 17.1 Å². The molecule has 0 fully saturated rings. The fourth-order valence-corrected chi connectivity index (χ4v) is 2.32. The van der Waals surface area contributed by atoms with Crippen LogP contribution in [0.3, 0.4) is 0 Å². The predicted molar refractivity (Wildman–Crippen MR) is 94.9 cm³/mol. The third-order valence-electron chi connectivity index (χ3n) is 3.42. The second kappa shape index (κ2) is 8.23. The lowest BCUT2D eigenvalue weighted by molar-refractivity contribution is -0.384. The molecule has 11 heteroatoms. The molecule has 0 spiro atoms. The molecule has 1 amide bonds. The highest BCUT2D eigenvalue weighted by Crippen LogP contribution is 2.28. The molecule has 0 aliphatic rings. The summed E-state index contributed by atoms with van der Waals surface area (Å²) in [4.78, 5) is 44.4. The molecular weight excluding hydrogens is 382 g/mol. The molecule has 0 aliphatic carbocycles. The largest absolute Gasteiger partial charge is 0.452 e. The van der Waals surface area contributed by atoms with Crippen molar-refractivity contribution in [2.24, 2.45) is 0 Å². The first kappa shape index (κ1) is 19.8. The molecule has 2 aromatic rings. The molecule has 0 radical (unpaired) electrons. The number of anilines is 1. The van der Waals surface area contributed by atoms with E-state index in [0.29, 0.717) is 5.56 Å². The highest BCUT2D eigenvalue weighted by Gasteiger charge is 2.20. The van der Waals surface area contributed by atoms with Crippen LogP contribution in [-0.2, 0) is 9.53 Å². The van der Waals surface area contributed by atoms with E-state index in [9.17, 15) is 29.8 Å². The van der Waals surface area contributed by atoms with Crippen LogP contribution in [0, 0.1) is 27.2 Å². The molecule has 0 unspecified atom stereocenters. The minimum Gasteiger partial charge on any atom is -0.452 e. The quantitative estimate of drug-likeness (QED) is 0.450. The van der Waals surface area contributed by atoms with Crippen molar-refractivity contribution in [1.29, 1.82) is 0 Å². The monoisotopic (exact) mass is 393 g/mol. The SMILES string of the molecule is Cc1cccc([N+](=O)[O-])c1NC(=O)COC(=O)c1ccc(Cl)c([N+](=O)[O-])c1. The van der Waals surface area contributed by atoms with Gasteiger partial charge in [0.1, 0.15) is 10.7 Å². The van der Waals surface area contributed by atoms with E-state index in [4.69, 9.17) is 16.3 Å². The van der Waals surface area contributed by atoms with Crippen molar-refractivity contribution >= 4 is 40.5 Å². The van der Waals surface area contributed by atoms with Gasteiger partial charge in [-0.3, -0.25) is 25.0 Å². The number of nitro benzene ring substituents is 2. The highest BCUT2D eigenvalue weighted by atomic mass is 35.5. The van der Waals surface area contributed by atoms with Crippen LogP contribution in [0.5, 0.6) is 0 Å². The summed E-state index contributed by atoms with van der Waals surface area (Å²) in [6.45, 7) is 0.836. The smallest absolute Gasteiger partial charge is 0.338 e. The van der Waals surface area contributed by atoms with E-state index < -0.39 is 34.0 Å². The number of carbonyl (C=O) groups is 2. The molecule has 0 aliphatic heterocycles. The van der Waals surface area contributed by atoms with E-state index in [0.717, 1.165) is 12.1 Å². The number of hydrogen-bond donors (Lipinski definition) is 1. The van der Waals surface area contributed by atoms with Gasteiger partial charge in [-0.1, -0.05) is 23.7 Å². The van der Waals surface area contributed by atoms with Gasteiger partial charge in [0.15, 0.2) is 6.61 Å².